The molecule has 2 N–H and O–H groups in total. The third kappa shape index (κ3) is 10.5. The molecule has 0 unspecified atom stereocenters. The summed E-state index contributed by atoms with van der Waals surface area (Å²) < 4.78 is 0. The number of amides is 1. The summed E-state index contributed by atoms with van der Waals surface area (Å²) in [4.78, 5) is 28.8. The third-order valence-electron chi connectivity index (χ3n) is 5.82. The Kier molecular flexibility index (Phi) is 12.8. The van der Waals surface area contributed by atoms with Crippen LogP contribution in [0.15, 0.2) is 91.2 Å². The van der Waals surface area contributed by atoms with Gasteiger partial charge in [0.25, 0.3) is 5.91 Å². The smallest absolute Gasteiger partial charge is 0.261 e. The van der Waals surface area contributed by atoms with Crippen molar-refractivity contribution in [2.45, 2.75) is 32.2 Å². The second kappa shape index (κ2) is 16.2. The molecular formula is C32H35ClN2O3S2. The third-order valence-corrected chi connectivity index (χ3v) is 8.26. The molecule has 5 nitrogen and oxygen atoms in total. The molecule has 210 valence electrons. The van der Waals surface area contributed by atoms with Crippen LogP contribution < -0.4 is 5.32 Å². The highest BCUT2D eigenvalue weighted by Gasteiger charge is 2.13. The number of aliphatic hydroxyl groups excluding tert-OH is 1. The summed E-state index contributed by atoms with van der Waals surface area (Å²) in [7, 11) is 2.09. The predicted molar refractivity (Wildman–Crippen MR) is 170 cm³/mol. The van der Waals surface area contributed by atoms with Crippen LogP contribution in [0, 0.1) is 0 Å². The van der Waals surface area contributed by atoms with Crippen LogP contribution in [0.25, 0.3) is 10.8 Å². The summed E-state index contributed by atoms with van der Waals surface area (Å²) in [5.41, 5.74) is 2.36. The highest BCUT2D eigenvalue weighted by Crippen LogP contribution is 2.23. The van der Waals surface area contributed by atoms with Gasteiger partial charge in [-0.05, 0) is 54.1 Å². The molecule has 0 bridgehead atoms. The number of aliphatic hydroxyl groups is 1. The molecule has 0 saturated carbocycles. The maximum Gasteiger partial charge on any atom is 0.261 e. The molecule has 1 heterocycles. The van der Waals surface area contributed by atoms with Gasteiger partial charge in [0.2, 0.25) is 0 Å². The fourth-order valence-corrected chi connectivity index (χ4v) is 6.24. The van der Waals surface area contributed by atoms with Crippen LogP contribution in [0.1, 0.15) is 39.0 Å². The van der Waals surface area contributed by atoms with Gasteiger partial charge in [0.05, 0.1) is 17.2 Å². The Bertz CT molecular complexity index is 1430. The van der Waals surface area contributed by atoms with E-state index < -0.39 is 0 Å². The molecule has 0 radical (unpaired) electrons. The zero-order chi connectivity index (χ0) is 28.9. The first kappa shape index (κ1) is 31.4. The number of fused-ring (bicyclic) bond motifs is 1. The zero-order valence-electron chi connectivity index (χ0n) is 22.9. The number of thioether (sulfide) groups is 1. The quantitative estimate of drug-likeness (QED) is 0.129. The van der Waals surface area contributed by atoms with Crippen LogP contribution >= 0.6 is 34.7 Å². The van der Waals surface area contributed by atoms with E-state index in [9.17, 15) is 9.59 Å². The van der Waals surface area contributed by atoms with Crippen molar-refractivity contribution in [2.24, 2.45) is 0 Å². The van der Waals surface area contributed by atoms with Gasteiger partial charge in [-0.1, -0.05) is 78.8 Å². The molecule has 0 aliphatic carbocycles. The number of benzene rings is 3. The average molecular weight is 595 g/mol. The number of thiophene rings is 1. The van der Waals surface area contributed by atoms with Gasteiger partial charge in [-0.15, -0.1) is 11.3 Å². The second-order valence-electron chi connectivity index (χ2n) is 9.43. The van der Waals surface area contributed by atoms with Gasteiger partial charge in [0.15, 0.2) is 5.78 Å². The van der Waals surface area contributed by atoms with Crippen LogP contribution in [0.5, 0.6) is 0 Å². The van der Waals surface area contributed by atoms with Gasteiger partial charge in [-0.2, -0.15) is 11.8 Å². The van der Waals surface area contributed by atoms with E-state index in [1.807, 2.05) is 36.4 Å². The van der Waals surface area contributed by atoms with Crippen molar-refractivity contribution in [1.82, 2.24) is 10.2 Å². The fourth-order valence-electron chi connectivity index (χ4n) is 3.97. The minimum atomic E-state index is -0.194. The Balaban J connectivity index is 0.00000103. The van der Waals surface area contributed by atoms with E-state index in [0.29, 0.717) is 17.1 Å². The summed E-state index contributed by atoms with van der Waals surface area (Å²) in [6.45, 7) is 6.27. The summed E-state index contributed by atoms with van der Waals surface area (Å²) in [5, 5.41) is 13.9. The minimum Gasteiger partial charge on any atom is -0.513 e. The standard InChI is InChI=1S/C29H29ClN2O2S2.C3H6O/c1-32(18-22-10-6-9-21-7-2-4-11-26(21)22)19-25-13-14-28(36-25)29(34)31-17-24(33)15-16-35-20-23-8-3-5-12-27(23)30;1-3(2)4/h2-14H,15-20H2,1H3,(H,31,34);4H,1H2,2H3. The molecule has 0 aliphatic heterocycles. The average Bonchev–Trinajstić information content (AvgIpc) is 3.39. The monoisotopic (exact) mass is 594 g/mol. The number of hydrogen-bond donors (Lipinski definition) is 2. The number of carbonyl (C=O) groups excluding carboxylic acids is 2. The Morgan fingerprint density at radius 3 is 2.42 bits per heavy atom. The molecule has 3 aromatic carbocycles. The Morgan fingerprint density at radius 2 is 1.65 bits per heavy atom. The van der Waals surface area contributed by atoms with Crippen LogP contribution in [0.2, 0.25) is 5.02 Å². The number of carbonyl (C=O) groups is 2. The SMILES string of the molecule is C=C(C)O.CN(Cc1ccc(C(=O)NCC(=O)CCSCc2ccccc2Cl)s1)Cc1cccc2ccccc12. The molecular weight excluding hydrogens is 560 g/mol. The highest BCUT2D eigenvalue weighted by atomic mass is 35.5. The summed E-state index contributed by atoms with van der Waals surface area (Å²) in [6, 6.07) is 26.4. The molecule has 0 fully saturated rings. The van der Waals surface area contributed by atoms with E-state index in [2.05, 4.69) is 66.3 Å². The predicted octanol–water partition coefficient (Wildman–Crippen LogP) is 7.89. The number of allylic oxidation sites excluding steroid dienone is 1. The van der Waals surface area contributed by atoms with Crippen molar-refractivity contribution in [3.8, 4) is 0 Å². The molecule has 8 heteroatoms. The van der Waals surface area contributed by atoms with Gasteiger partial charge in [0, 0.05) is 40.9 Å². The van der Waals surface area contributed by atoms with Crippen LogP contribution in [-0.2, 0) is 23.6 Å². The number of hydrogen-bond acceptors (Lipinski definition) is 6. The molecule has 0 atom stereocenters. The number of ketones is 1. The largest absolute Gasteiger partial charge is 0.513 e. The first-order valence-corrected chi connectivity index (χ1v) is 15.3. The normalized spacial score (nSPS) is 10.7. The number of nitrogens with zero attached hydrogens (tertiary/aromatic N) is 1. The van der Waals surface area contributed by atoms with Crippen LogP contribution in [-0.4, -0.2) is 41.0 Å². The van der Waals surface area contributed by atoms with Gasteiger partial charge < -0.3 is 10.4 Å². The lowest BCUT2D eigenvalue weighted by Crippen LogP contribution is -2.29. The topological polar surface area (TPSA) is 69.6 Å². The van der Waals surface area contributed by atoms with Gasteiger partial charge in [-0.25, -0.2) is 0 Å². The summed E-state index contributed by atoms with van der Waals surface area (Å²) in [6.07, 6.45) is 0.421. The Morgan fingerprint density at radius 1 is 0.975 bits per heavy atom. The van der Waals surface area contributed by atoms with Crippen LogP contribution in [0.4, 0.5) is 0 Å². The fraction of sp³-hybridized carbons (Fsp3) is 0.250. The van der Waals surface area contributed by atoms with Crippen molar-refractivity contribution in [2.75, 3.05) is 19.3 Å². The van der Waals surface area contributed by atoms with E-state index in [1.165, 1.54) is 34.6 Å². The van der Waals surface area contributed by atoms with E-state index in [4.69, 9.17) is 16.7 Å². The number of Topliss-reactive ketones (excluding diaryl/α,β-unsaturated/α-hetero) is 1. The van der Waals surface area contributed by atoms with Crippen LogP contribution in [0.3, 0.4) is 0 Å². The number of rotatable bonds is 12. The zero-order valence-corrected chi connectivity index (χ0v) is 25.2. The Hall–Kier alpha value is -3.10. The highest BCUT2D eigenvalue weighted by molar-refractivity contribution is 7.98. The van der Waals surface area contributed by atoms with Crippen molar-refractivity contribution >= 4 is 57.2 Å². The first-order chi connectivity index (χ1) is 19.2. The number of halogens is 1. The van der Waals surface area contributed by atoms with Crippen molar-refractivity contribution in [1.29, 1.82) is 0 Å². The molecule has 40 heavy (non-hydrogen) atoms. The molecule has 1 amide bonds. The van der Waals surface area contributed by atoms with E-state index in [1.54, 1.807) is 11.8 Å². The van der Waals surface area contributed by atoms with Crippen molar-refractivity contribution in [3.05, 3.63) is 117 Å². The van der Waals surface area contributed by atoms with E-state index >= 15 is 0 Å². The maximum atomic E-state index is 12.6. The molecule has 1 aromatic heterocycles. The van der Waals surface area contributed by atoms with Crippen molar-refractivity contribution in [3.63, 3.8) is 0 Å². The molecule has 4 aromatic rings. The van der Waals surface area contributed by atoms with Gasteiger partial charge in [-0.3, -0.25) is 14.5 Å². The summed E-state index contributed by atoms with van der Waals surface area (Å²) in [5.74, 6) is 1.47. The lowest BCUT2D eigenvalue weighted by Gasteiger charge is -2.17. The minimum absolute atomic E-state index is 0.0293. The molecule has 0 aliphatic rings. The molecule has 0 spiro atoms. The molecule has 0 saturated heterocycles. The maximum absolute atomic E-state index is 12.6. The van der Waals surface area contributed by atoms with Gasteiger partial charge >= 0.3 is 0 Å². The lowest BCUT2D eigenvalue weighted by atomic mass is 10.0. The van der Waals surface area contributed by atoms with E-state index in [-0.39, 0.29) is 24.0 Å². The second-order valence-corrected chi connectivity index (χ2v) is 12.1. The summed E-state index contributed by atoms with van der Waals surface area (Å²) >= 11 is 9.31. The van der Waals surface area contributed by atoms with Crippen molar-refractivity contribution < 1.29 is 14.7 Å². The van der Waals surface area contributed by atoms with Gasteiger partial charge in [0.1, 0.15) is 0 Å². The molecule has 4 rings (SSSR count). The van der Waals surface area contributed by atoms with E-state index in [0.717, 1.165) is 34.3 Å². The first-order valence-electron chi connectivity index (χ1n) is 12.9. The Labute approximate surface area is 249 Å². The lowest BCUT2D eigenvalue weighted by molar-refractivity contribution is -0.117. The number of nitrogens with one attached hydrogen (secondary N) is 1.